The second-order valence-corrected chi connectivity index (χ2v) is 7.16. The molecule has 0 aliphatic heterocycles. The third-order valence-electron chi connectivity index (χ3n) is 4.32. The molecule has 2 aromatic carbocycles. The monoisotopic (exact) mass is 459 g/mol. The van der Waals surface area contributed by atoms with Gasteiger partial charge < -0.3 is 15.0 Å². The highest BCUT2D eigenvalue weighted by molar-refractivity contribution is 6.36. The van der Waals surface area contributed by atoms with Crippen molar-refractivity contribution in [2.24, 2.45) is 5.10 Å². The van der Waals surface area contributed by atoms with E-state index in [2.05, 4.69) is 30.5 Å². The number of nitrogens with zero attached hydrogens (tertiary/aromatic N) is 5. The number of hydrazone groups is 1. The van der Waals surface area contributed by atoms with Crippen LogP contribution in [0.2, 0.25) is 10.0 Å². The number of imidazole rings is 1. The van der Waals surface area contributed by atoms with E-state index < -0.39 is 5.91 Å². The molecule has 2 heterocycles. The molecule has 0 atom stereocenters. The minimum absolute atomic E-state index is 0.0694. The molecule has 10 nitrogen and oxygen atoms in total. The number of para-hydroxylation sites is 2. The summed E-state index contributed by atoms with van der Waals surface area (Å²) in [5.74, 6) is 0.394. The first kappa shape index (κ1) is 20.6. The van der Waals surface area contributed by atoms with Crippen molar-refractivity contribution in [3.05, 3.63) is 52.0 Å². The van der Waals surface area contributed by atoms with E-state index in [1.165, 1.54) is 13.3 Å². The molecule has 3 N–H and O–H groups in total. The highest BCUT2D eigenvalue weighted by Crippen LogP contribution is 2.31. The second-order valence-electron chi connectivity index (χ2n) is 6.31. The van der Waals surface area contributed by atoms with E-state index in [1.807, 2.05) is 24.3 Å². The Morgan fingerprint density at radius 2 is 2.13 bits per heavy atom. The first-order valence-electron chi connectivity index (χ1n) is 8.86. The molecule has 0 saturated heterocycles. The normalized spacial score (nSPS) is 11.3. The van der Waals surface area contributed by atoms with Gasteiger partial charge in [-0.2, -0.15) is 5.10 Å². The lowest BCUT2D eigenvalue weighted by atomic mass is 10.2. The van der Waals surface area contributed by atoms with E-state index in [9.17, 15) is 4.79 Å². The number of rotatable bonds is 6. The number of aromatic nitrogens is 4. The van der Waals surface area contributed by atoms with Gasteiger partial charge in [0.15, 0.2) is 17.3 Å². The predicted octanol–water partition coefficient (Wildman–Crippen LogP) is 3.13. The molecule has 12 heteroatoms. The Bertz CT molecular complexity index is 1300. The quantitative estimate of drug-likeness (QED) is 0.334. The van der Waals surface area contributed by atoms with Crippen molar-refractivity contribution in [2.45, 2.75) is 6.54 Å². The van der Waals surface area contributed by atoms with Crippen LogP contribution in [0.25, 0.3) is 22.6 Å². The number of carbonyl (C=O) groups is 1. The molecule has 0 fully saturated rings. The molecular weight excluding hydrogens is 445 g/mol. The number of hydrogen-bond acceptors (Lipinski definition) is 8. The van der Waals surface area contributed by atoms with Gasteiger partial charge in [-0.15, -0.1) is 0 Å². The summed E-state index contributed by atoms with van der Waals surface area (Å²) in [6, 6.07) is 10.5. The van der Waals surface area contributed by atoms with E-state index in [1.54, 1.807) is 16.7 Å². The van der Waals surface area contributed by atoms with Gasteiger partial charge in [-0.3, -0.25) is 4.79 Å². The van der Waals surface area contributed by atoms with Gasteiger partial charge in [0.1, 0.15) is 12.3 Å². The molecule has 4 rings (SSSR count). The van der Waals surface area contributed by atoms with Crippen LogP contribution in [-0.2, 0) is 11.3 Å². The smallest absolute Gasteiger partial charge is 0.260 e. The molecular formula is C19H15Cl2N7O3. The van der Waals surface area contributed by atoms with Crippen LogP contribution < -0.4 is 15.9 Å². The molecule has 158 valence electrons. The average molecular weight is 460 g/mol. The fourth-order valence-electron chi connectivity index (χ4n) is 3.01. The van der Waals surface area contributed by atoms with Crippen molar-refractivity contribution in [1.82, 2.24) is 25.3 Å². The zero-order valence-corrected chi connectivity index (χ0v) is 17.6. The largest absolute Gasteiger partial charge is 0.495 e. The average Bonchev–Trinajstić information content (AvgIpc) is 3.31. The molecule has 0 unspecified atom stereocenters. The van der Waals surface area contributed by atoms with Crippen molar-refractivity contribution < 1.29 is 14.2 Å². The van der Waals surface area contributed by atoms with E-state index in [-0.39, 0.29) is 18.1 Å². The van der Waals surface area contributed by atoms with Crippen LogP contribution >= 0.6 is 23.2 Å². The lowest BCUT2D eigenvalue weighted by molar-refractivity contribution is -0.121. The number of amides is 1. The molecule has 31 heavy (non-hydrogen) atoms. The Morgan fingerprint density at radius 3 is 2.87 bits per heavy atom. The molecule has 0 aliphatic rings. The number of nitrogens with one attached hydrogen (secondary N) is 1. The summed E-state index contributed by atoms with van der Waals surface area (Å²) in [4.78, 5) is 17.1. The van der Waals surface area contributed by atoms with Gasteiger partial charge in [0.05, 0.1) is 29.4 Å². The van der Waals surface area contributed by atoms with Gasteiger partial charge in [0.25, 0.3) is 5.91 Å². The molecule has 1 amide bonds. The standard InChI is InChI=1S/C19H15Cl2N7O3/c1-30-17-10(6-11(20)7-12(17)21)8-23-25-15(29)9-28-14-5-3-2-4-13(14)24-19(28)16-18(22)27-31-26-16/h2-8H,9H2,1H3,(H2,22,27)(H,25,29)/b23-8+. The Kier molecular flexibility index (Phi) is 5.74. The minimum atomic E-state index is -0.414. The second kappa shape index (κ2) is 8.62. The Labute approximate surface area is 185 Å². The maximum Gasteiger partial charge on any atom is 0.260 e. The predicted molar refractivity (Wildman–Crippen MR) is 116 cm³/mol. The zero-order valence-electron chi connectivity index (χ0n) is 16.0. The number of nitrogen functional groups attached to an aromatic ring is 1. The summed E-state index contributed by atoms with van der Waals surface area (Å²) in [5, 5.41) is 12.1. The molecule has 0 spiro atoms. The summed E-state index contributed by atoms with van der Waals surface area (Å²) in [7, 11) is 1.47. The Balaban J connectivity index is 1.59. The van der Waals surface area contributed by atoms with Crippen LogP contribution in [0.1, 0.15) is 5.56 Å². The zero-order chi connectivity index (χ0) is 22.0. The van der Waals surface area contributed by atoms with Gasteiger partial charge in [-0.1, -0.05) is 35.3 Å². The number of benzene rings is 2. The Hall–Kier alpha value is -3.63. The number of anilines is 1. The highest BCUT2D eigenvalue weighted by Gasteiger charge is 2.20. The lowest BCUT2D eigenvalue weighted by Gasteiger charge is -2.08. The number of methoxy groups -OCH3 is 1. The topological polar surface area (TPSA) is 133 Å². The Morgan fingerprint density at radius 1 is 1.32 bits per heavy atom. The number of halogens is 2. The van der Waals surface area contributed by atoms with Gasteiger partial charge in [0, 0.05) is 10.6 Å². The fourth-order valence-corrected chi connectivity index (χ4v) is 3.60. The molecule has 2 aromatic heterocycles. The minimum Gasteiger partial charge on any atom is -0.495 e. The molecule has 0 bridgehead atoms. The number of fused-ring (bicyclic) bond motifs is 1. The lowest BCUT2D eigenvalue weighted by Crippen LogP contribution is -2.23. The van der Waals surface area contributed by atoms with Crippen LogP contribution in [0.5, 0.6) is 5.75 Å². The third kappa shape index (κ3) is 4.16. The van der Waals surface area contributed by atoms with Crippen molar-refractivity contribution >= 4 is 52.2 Å². The summed E-state index contributed by atoms with van der Waals surface area (Å²) in [6.45, 7) is -0.104. The summed E-state index contributed by atoms with van der Waals surface area (Å²) >= 11 is 12.1. The van der Waals surface area contributed by atoms with E-state index in [0.29, 0.717) is 38.2 Å². The van der Waals surface area contributed by atoms with E-state index in [0.717, 1.165) is 0 Å². The van der Waals surface area contributed by atoms with Crippen LogP contribution in [0.4, 0.5) is 5.82 Å². The maximum absolute atomic E-state index is 12.6. The summed E-state index contributed by atoms with van der Waals surface area (Å²) in [5.41, 5.74) is 10.4. The van der Waals surface area contributed by atoms with Crippen LogP contribution in [0.3, 0.4) is 0 Å². The van der Waals surface area contributed by atoms with Gasteiger partial charge in [-0.25, -0.2) is 15.0 Å². The molecule has 0 radical (unpaired) electrons. The third-order valence-corrected chi connectivity index (χ3v) is 4.82. The number of nitrogens with two attached hydrogens (primary N) is 1. The van der Waals surface area contributed by atoms with E-state index in [4.69, 9.17) is 33.7 Å². The number of hydrogen-bond donors (Lipinski definition) is 2. The van der Waals surface area contributed by atoms with Crippen molar-refractivity contribution in [3.63, 3.8) is 0 Å². The van der Waals surface area contributed by atoms with Gasteiger partial charge >= 0.3 is 0 Å². The van der Waals surface area contributed by atoms with E-state index >= 15 is 0 Å². The summed E-state index contributed by atoms with van der Waals surface area (Å²) < 4.78 is 11.6. The number of ether oxygens (including phenoxy) is 1. The van der Waals surface area contributed by atoms with Crippen molar-refractivity contribution in [2.75, 3.05) is 12.8 Å². The SMILES string of the molecule is COc1c(Cl)cc(Cl)cc1/C=N/NC(=O)Cn1c(-c2nonc2N)nc2ccccc21. The van der Waals surface area contributed by atoms with Crippen LogP contribution in [0.15, 0.2) is 46.1 Å². The first-order chi connectivity index (χ1) is 15.0. The van der Waals surface area contributed by atoms with Crippen molar-refractivity contribution in [3.8, 4) is 17.3 Å². The van der Waals surface area contributed by atoms with Crippen molar-refractivity contribution in [1.29, 1.82) is 0 Å². The fraction of sp³-hybridized carbons (Fsp3) is 0.105. The molecule has 0 aliphatic carbocycles. The maximum atomic E-state index is 12.6. The van der Waals surface area contributed by atoms with Gasteiger partial charge in [-0.05, 0) is 34.6 Å². The van der Waals surface area contributed by atoms with Crippen LogP contribution in [-0.4, -0.2) is 39.1 Å². The number of carbonyl (C=O) groups excluding carboxylic acids is 1. The molecule has 4 aromatic rings. The first-order valence-corrected chi connectivity index (χ1v) is 9.62. The van der Waals surface area contributed by atoms with Gasteiger partial charge in [0.2, 0.25) is 0 Å². The highest BCUT2D eigenvalue weighted by atomic mass is 35.5. The van der Waals surface area contributed by atoms with Crippen LogP contribution in [0, 0.1) is 0 Å². The molecule has 0 saturated carbocycles. The summed E-state index contributed by atoms with van der Waals surface area (Å²) in [6.07, 6.45) is 1.39.